The highest BCUT2D eigenvalue weighted by Gasteiger charge is 2.49. The van der Waals surface area contributed by atoms with Gasteiger partial charge in [-0.1, -0.05) is 47.4 Å². The maximum atomic E-state index is 13.7. The summed E-state index contributed by atoms with van der Waals surface area (Å²) in [5.41, 5.74) is 3.32. The molecule has 1 fully saturated rings. The van der Waals surface area contributed by atoms with Crippen molar-refractivity contribution in [3.05, 3.63) is 100 Å². The van der Waals surface area contributed by atoms with Crippen molar-refractivity contribution in [2.45, 2.75) is 36.9 Å². The van der Waals surface area contributed by atoms with Crippen LogP contribution < -0.4 is 9.64 Å². The van der Waals surface area contributed by atoms with Crippen LogP contribution in [0.15, 0.2) is 70.7 Å². The quantitative estimate of drug-likeness (QED) is 0.0700. The highest BCUT2D eigenvalue weighted by molar-refractivity contribution is 8.00. The molecule has 6 rings (SSSR count). The molecular formula is C31H26FN5O5S2. The van der Waals surface area contributed by atoms with Crippen LogP contribution in [0.2, 0.25) is 0 Å². The number of fused-ring (bicyclic) bond motifs is 1. The Morgan fingerprint density at radius 2 is 1.89 bits per heavy atom. The van der Waals surface area contributed by atoms with Crippen LogP contribution in [0, 0.1) is 19.7 Å². The van der Waals surface area contributed by atoms with Gasteiger partial charge in [-0.05, 0) is 67.8 Å². The summed E-state index contributed by atoms with van der Waals surface area (Å²) in [6.45, 7) is 5.68. The third kappa shape index (κ3) is 5.18. The van der Waals surface area contributed by atoms with E-state index in [2.05, 4.69) is 15.2 Å². The predicted octanol–water partition coefficient (Wildman–Crippen LogP) is 5.96. The van der Waals surface area contributed by atoms with Crippen LogP contribution in [0.25, 0.3) is 11.4 Å². The maximum Gasteiger partial charge on any atom is 0.301 e. The number of aliphatic hydroxyl groups is 1. The molecule has 224 valence electrons. The smallest absolute Gasteiger partial charge is 0.301 e. The van der Waals surface area contributed by atoms with Crippen LogP contribution in [-0.4, -0.2) is 48.1 Å². The Morgan fingerprint density at radius 3 is 2.61 bits per heavy atom. The number of aliphatic hydroxyl groups excluding tert-OH is 1. The molecule has 0 spiro atoms. The van der Waals surface area contributed by atoms with Gasteiger partial charge >= 0.3 is 5.91 Å². The monoisotopic (exact) mass is 631 g/mol. The number of carbonyl (C=O) groups is 2. The Bertz CT molecular complexity index is 1950. The van der Waals surface area contributed by atoms with Crippen LogP contribution in [0.3, 0.4) is 0 Å². The van der Waals surface area contributed by atoms with Gasteiger partial charge in [0.1, 0.15) is 17.2 Å². The highest BCUT2D eigenvalue weighted by Crippen LogP contribution is 2.45. The third-order valence-corrected chi connectivity index (χ3v) is 9.36. The summed E-state index contributed by atoms with van der Waals surface area (Å²) in [5, 5.41) is 30.7. The topological polar surface area (TPSA) is 130 Å². The number of anilines is 1. The van der Waals surface area contributed by atoms with E-state index in [9.17, 15) is 24.2 Å². The molecule has 0 saturated carbocycles. The summed E-state index contributed by atoms with van der Waals surface area (Å²) >= 11 is 2.46. The van der Waals surface area contributed by atoms with Crippen molar-refractivity contribution in [2.75, 3.05) is 11.5 Å². The first-order chi connectivity index (χ1) is 21.2. The predicted molar refractivity (Wildman–Crippen MR) is 165 cm³/mol. The third-order valence-electron chi connectivity index (χ3n) is 7.23. The van der Waals surface area contributed by atoms with E-state index in [4.69, 9.17) is 4.74 Å². The van der Waals surface area contributed by atoms with Gasteiger partial charge in [0.25, 0.3) is 5.78 Å². The zero-order chi connectivity index (χ0) is 31.1. The van der Waals surface area contributed by atoms with Crippen LogP contribution in [0.5, 0.6) is 11.5 Å². The molecule has 0 radical (unpaired) electrons. The lowest BCUT2D eigenvalue weighted by atomic mass is 9.96. The second kappa shape index (κ2) is 11.7. The van der Waals surface area contributed by atoms with Gasteiger partial charge in [0.05, 0.1) is 23.9 Å². The Kier molecular flexibility index (Phi) is 7.82. The molecule has 1 saturated heterocycles. The van der Waals surface area contributed by atoms with Crippen molar-refractivity contribution in [3.63, 3.8) is 0 Å². The first-order valence-electron chi connectivity index (χ1n) is 13.6. The zero-order valence-electron chi connectivity index (χ0n) is 23.8. The van der Waals surface area contributed by atoms with Crippen molar-refractivity contribution < 1.29 is 28.9 Å². The Labute approximate surface area is 259 Å². The summed E-state index contributed by atoms with van der Waals surface area (Å²) in [4.78, 5) is 33.2. The Hall–Kier alpha value is -4.75. The number of benzene rings is 2. The standard InChI is InChI=1S/C31H26FN5O5S2/c1-4-42-22-14-19(9-12-21(22)38)25-23(26(39)24-17(3)36-13-5-6-16(2)28(36)33-24)27(40)29(41)37(25)30-34-35-31(44-30)43-15-18-7-10-20(32)11-8-18/h5-14,25,38-39H,4,15H2,1-3H3. The lowest BCUT2D eigenvalue weighted by Crippen LogP contribution is -2.29. The molecule has 0 aliphatic carbocycles. The molecule has 4 heterocycles. The number of phenols is 1. The van der Waals surface area contributed by atoms with Gasteiger partial charge < -0.3 is 19.4 Å². The number of nitrogens with zero attached hydrogens (tertiary/aromatic N) is 5. The minimum atomic E-state index is -1.12. The number of aryl methyl sites for hydroxylation is 2. The van der Waals surface area contributed by atoms with E-state index in [1.807, 2.05) is 19.1 Å². The average Bonchev–Trinajstić information content (AvgIpc) is 3.69. The molecule has 10 nitrogen and oxygen atoms in total. The summed E-state index contributed by atoms with van der Waals surface area (Å²) in [7, 11) is 0. The lowest BCUT2D eigenvalue weighted by molar-refractivity contribution is -0.132. The van der Waals surface area contributed by atoms with Crippen LogP contribution in [0.1, 0.15) is 41.0 Å². The minimum absolute atomic E-state index is 0.116. The van der Waals surface area contributed by atoms with E-state index < -0.39 is 23.5 Å². The average molecular weight is 632 g/mol. The molecule has 44 heavy (non-hydrogen) atoms. The lowest BCUT2D eigenvalue weighted by Gasteiger charge is -2.23. The molecule has 5 aromatic rings. The zero-order valence-corrected chi connectivity index (χ0v) is 25.4. The van der Waals surface area contributed by atoms with E-state index >= 15 is 0 Å². The molecule has 2 N–H and O–H groups in total. The largest absolute Gasteiger partial charge is 0.505 e. The number of aromatic hydroxyl groups is 1. The van der Waals surface area contributed by atoms with E-state index in [0.29, 0.717) is 27.0 Å². The van der Waals surface area contributed by atoms with Gasteiger partial charge in [-0.25, -0.2) is 9.37 Å². The van der Waals surface area contributed by atoms with E-state index in [1.54, 1.807) is 42.6 Å². The summed E-state index contributed by atoms with van der Waals surface area (Å²) < 4.78 is 21.2. The normalized spacial score (nSPS) is 16.3. The molecule has 1 atom stereocenters. The number of halogens is 1. The van der Waals surface area contributed by atoms with E-state index in [0.717, 1.165) is 22.5 Å². The molecule has 1 unspecified atom stereocenters. The number of pyridine rings is 1. The highest BCUT2D eigenvalue weighted by atomic mass is 32.2. The molecule has 1 aliphatic rings. The first-order valence-corrected chi connectivity index (χ1v) is 15.4. The Balaban J connectivity index is 1.46. The van der Waals surface area contributed by atoms with Gasteiger partial charge in [0.2, 0.25) is 5.13 Å². The number of hydrogen-bond donors (Lipinski definition) is 2. The fourth-order valence-corrected chi connectivity index (χ4v) is 6.90. The van der Waals surface area contributed by atoms with Gasteiger partial charge in [-0.3, -0.25) is 14.5 Å². The molecule has 2 aromatic carbocycles. The van der Waals surface area contributed by atoms with Crippen molar-refractivity contribution >= 4 is 51.3 Å². The number of amides is 1. The number of phenolic OH excluding ortho intramolecular Hbond substituents is 1. The number of ether oxygens (including phenoxy) is 1. The van der Waals surface area contributed by atoms with Gasteiger partial charge in [0, 0.05) is 11.9 Å². The van der Waals surface area contributed by atoms with Gasteiger partial charge in [-0.2, -0.15) is 0 Å². The van der Waals surface area contributed by atoms with Crippen LogP contribution in [0.4, 0.5) is 9.52 Å². The minimum Gasteiger partial charge on any atom is -0.505 e. The van der Waals surface area contributed by atoms with E-state index in [-0.39, 0.29) is 40.3 Å². The molecule has 1 aliphatic heterocycles. The number of aromatic nitrogens is 4. The first kappa shape index (κ1) is 29.3. The van der Waals surface area contributed by atoms with Crippen molar-refractivity contribution in [2.24, 2.45) is 0 Å². The van der Waals surface area contributed by atoms with Crippen LogP contribution in [-0.2, 0) is 15.3 Å². The number of rotatable bonds is 8. The summed E-state index contributed by atoms with van der Waals surface area (Å²) in [5.74, 6) is -2.05. The van der Waals surface area contributed by atoms with Crippen molar-refractivity contribution in [1.82, 2.24) is 19.6 Å². The molecule has 0 bridgehead atoms. The summed E-state index contributed by atoms with van der Waals surface area (Å²) in [6, 6.07) is 13.2. The maximum absolute atomic E-state index is 13.7. The Morgan fingerprint density at radius 1 is 1.11 bits per heavy atom. The van der Waals surface area contributed by atoms with E-state index in [1.165, 1.54) is 40.9 Å². The second-order valence-corrected chi connectivity index (χ2v) is 12.2. The number of hydrogen-bond acceptors (Lipinski definition) is 10. The van der Waals surface area contributed by atoms with Crippen molar-refractivity contribution in [3.8, 4) is 11.5 Å². The van der Waals surface area contributed by atoms with Crippen LogP contribution >= 0.6 is 23.1 Å². The molecular weight excluding hydrogens is 606 g/mol. The number of ketones is 1. The van der Waals surface area contributed by atoms with Gasteiger partial charge in [-0.15, -0.1) is 10.2 Å². The molecule has 13 heteroatoms. The summed E-state index contributed by atoms with van der Waals surface area (Å²) in [6.07, 6.45) is 1.80. The fourth-order valence-electron chi connectivity index (χ4n) is 5.08. The SMILES string of the molecule is CCOc1cc(C2C(=C(O)c3nc4c(C)cccn4c3C)C(=O)C(=O)N2c2nnc(SCc3ccc(F)cc3)s2)ccc1O. The molecule has 3 aromatic heterocycles. The number of thioether (sulfide) groups is 1. The number of Topliss-reactive ketones (excluding diaryl/α,β-unsaturated/α-hetero) is 1. The number of carbonyl (C=O) groups excluding carboxylic acids is 2. The fraction of sp³-hybridized carbons (Fsp3) is 0.194. The molecule has 1 amide bonds. The van der Waals surface area contributed by atoms with Gasteiger partial charge in [0.15, 0.2) is 21.6 Å². The second-order valence-electron chi connectivity index (χ2n) is 10.0. The van der Waals surface area contributed by atoms with Crippen molar-refractivity contribution in [1.29, 1.82) is 0 Å². The number of imidazole rings is 1.